The summed E-state index contributed by atoms with van der Waals surface area (Å²) < 4.78 is 5.31. The lowest BCUT2D eigenvalue weighted by atomic mass is 10.0. The van der Waals surface area contributed by atoms with E-state index in [1.807, 2.05) is 30.3 Å². The highest BCUT2D eigenvalue weighted by Crippen LogP contribution is 2.25. The third-order valence-corrected chi connectivity index (χ3v) is 4.89. The summed E-state index contributed by atoms with van der Waals surface area (Å²) in [5, 5.41) is 24.1. The SMILES string of the molecule is O=C(NCc1nnc(-c2ccccc2)s1)NCC1(C(=O)O)CCCO1. The summed E-state index contributed by atoms with van der Waals surface area (Å²) in [7, 11) is 0. The van der Waals surface area contributed by atoms with Crippen molar-refractivity contribution in [3.8, 4) is 10.6 Å². The number of amides is 2. The minimum absolute atomic E-state index is 0.0699. The Morgan fingerprint density at radius 3 is 2.72 bits per heavy atom. The predicted molar refractivity (Wildman–Crippen MR) is 91.1 cm³/mol. The van der Waals surface area contributed by atoms with Gasteiger partial charge in [0.25, 0.3) is 0 Å². The second-order valence-electron chi connectivity index (χ2n) is 5.65. The van der Waals surface area contributed by atoms with Crippen LogP contribution in [0.25, 0.3) is 10.6 Å². The van der Waals surface area contributed by atoms with Crippen LogP contribution in [0.2, 0.25) is 0 Å². The topological polar surface area (TPSA) is 113 Å². The smallest absolute Gasteiger partial charge is 0.337 e. The summed E-state index contributed by atoms with van der Waals surface area (Å²) in [6.07, 6.45) is 1.06. The molecule has 1 aromatic carbocycles. The van der Waals surface area contributed by atoms with Crippen molar-refractivity contribution >= 4 is 23.3 Å². The van der Waals surface area contributed by atoms with Gasteiger partial charge in [-0.1, -0.05) is 41.7 Å². The van der Waals surface area contributed by atoms with Gasteiger partial charge in [0.05, 0.1) is 13.1 Å². The quantitative estimate of drug-likeness (QED) is 0.720. The van der Waals surface area contributed by atoms with Gasteiger partial charge in [0, 0.05) is 12.2 Å². The van der Waals surface area contributed by atoms with Gasteiger partial charge in [-0.15, -0.1) is 10.2 Å². The summed E-state index contributed by atoms with van der Waals surface area (Å²) in [6.45, 7) is 0.541. The summed E-state index contributed by atoms with van der Waals surface area (Å²) >= 11 is 1.39. The fourth-order valence-corrected chi connectivity index (χ4v) is 3.33. The Labute approximate surface area is 148 Å². The number of carboxylic acid groups (broad SMARTS) is 1. The van der Waals surface area contributed by atoms with Gasteiger partial charge < -0.3 is 20.5 Å². The first-order valence-corrected chi connectivity index (χ1v) is 8.68. The van der Waals surface area contributed by atoms with Gasteiger partial charge >= 0.3 is 12.0 Å². The van der Waals surface area contributed by atoms with Gasteiger partial charge in [-0.3, -0.25) is 0 Å². The number of aliphatic carboxylic acids is 1. The highest BCUT2D eigenvalue weighted by Gasteiger charge is 2.43. The molecule has 8 nitrogen and oxygen atoms in total. The van der Waals surface area contributed by atoms with E-state index in [2.05, 4.69) is 20.8 Å². The van der Waals surface area contributed by atoms with Crippen LogP contribution >= 0.6 is 11.3 Å². The molecule has 0 radical (unpaired) electrons. The first-order valence-electron chi connectivity index (χ1n) is 7.86. The number of hydrogen-bond acceptors (Lipinski definition) is 6. The molecule has 0 bridgehead atoms. The number of ether oxygens (including phenoxy) is 1. The van der Waals surface area contributed by atoms with Gasteiger partial charge in [0.1, 0.15) is 10.0 Å². The molecule has 132 valence electrons. The molecule has 0 saturated carbocycles. The molecule has 3 N–H and O–H groups in total. The summed E-state index contributed by atoms with van der Waals surface area (Å²) in [4.78, 5) is 23.2. The van der Waals surface area contributed by atoms with Crippen LogP contribution in [-0.2, 0) is 16.1 Å². The van der Waals surface area contributed by atoms with Crippen LogP contribution in [0.5, 0.6) is 0 Å². The molecule has 1 fully saturated rings. The van der Waals surface area contributed by atoms with E-state index in [0.29, 0.717) is 24.5 Å². The number of benzene rings is 1. The van der Waals surface area contributed by atoms with E-state index in [9.17, 15) is 14.7 Å². The van der Waals surface area contributed by atoms with Crippen LogP contribution in [0.4, 0.5) is 4.79 Å². The molecule has 1 saturated heterocycles. The molecule has 0 aliphatic carbocycles. The van der Waals surface area contributed by atoms with Crippen molar-refractivity contribution in [1.82, 2.24) is 20.8 Å². The summed E-state index contributed by atoms with van der Waals surface area (Å²) in [5.41, 5.74) is -0.349. The van der Waals surface area contributed by atoms with Crippen molar-refractivity contribution in [3.05, 3.63) is 35.3 Å². The second-order valence-corrected chi connectivity index (χ2v) is 6.72. The Bertz CT molecular complexity index is 744. The largest absolute Gasteiger partial charge is 0.479 e. The average molecular weight is 362 g/mol. The molecular formula is C16H18N4O4S. The van der Waals surface area contributed by atoms with E-state index in [-0.39, 0.29) is 13.1 Å². The van der Waals surface area contributed by atoms with Crippen molar-refractivity contribution in [1.29, 1.82) is 0 Å². The number of aromatic nitrogens is 2. The maximum Gasteiger partial charge on any atom is 0.337 e. The lowest BCUT2D eigenvalue weighted by Gasteiger charge is -2.23. The van der Waals surface area contributed by atoms with Crippen molar-refractivity contribution < 1.29 is 19.4 Å². The number of urea groups is 1. The molecule has 2 amide bonds. The van der Waals surface area contributed by atoms with E-state index in [1.165, 1.54) is 11.3 Å². The Balaban J connectivity index is 1.50. The van der Waals surface area contributed by atoms with Crippen LogP contribution in [0.3, 0.4) is 0 Å². The molecule has 2 heterocycles. The number of rotatable bonds is 6. The molecule has 0 spiro atoms. The number of carboxylic acids is 1. The van der Waals surface area contributed by atoms with Crippen molar-refractivity contribution in [2.24, 2.45) is 0 Å². The van der Waals surface area contributed by atoms with Gasteiger partial charge in [-0.25, -0.2) is 9.59 Å². The molecule has 1 aliphatic rings. The first kappa shape index (κ1) is 17.3. The summed E-state index contributed by atoms with van der Waals surface area (Å²) in [5.74, 6) is -1.05. The molecule has 1 aromatic heterocycles. The molecule has 1 atom stereocenters. The van der Waals surface area contributed by atoms with E-state index in [0.717, 1.165) is 10.6 Å². The molecule has 9 heteroatoms. The minimum Gasteiger partial charge on any atom is -0.479 e. The summed E-state index contributed by atoms with van der Waals surface area (Å²) in [6, 6.07) is 9.19. The Kier molecular flexibility index (Phi) is 5.25. The van der Waals surface area contributed by atoms with Crippen LogP contribution < -0.4 is 10.6 Å². The lowest BCUT2D eigenvalue weighted by Crippen LogP contribution is -2.50. The zero-order valence-electron chi connectivity index (χ0n) is 13.4. The molecule has 1 unspecified atom stereocenters. The van der Waals surface area contributed by atoms with Crippen LogP contribution in [0.15, 0.2) is 30.3 Å². The number of hydrogen-bond donors (Lipinski definition) is 3. The fraction of sp³-hybridized carbons (Fsp3) is 0.375. The monoisotopic (exact) mass is 362 g/mol. The molecule has 2 aromatic rings. The molecular weight excluding hydrogens is 344 g/mol. The van der Waals surface area contributed by atoms with Gasteiger partial charge in [0.15, 0.2) is 5.60 Å². The Morgan fingerprint density at radius 1 is 1.24 bits per heavy atom. The van der Waals surface area contributed by atoms with Crippen LogP contribution in [-0.4, -0.2) is 46.1 Å². The number of carbonyl (C=O) groups excluding carboxylic acids is 1. The Hall–Kier alpha value is -2.52. The number of nitrogens with zero attached hydrogens (tertiary/aromatic N) is 2. The third kappa shape index (κ3) is 4.12. The zero-order valence-corrected chi connectivity index (χ0v) is 14.2. The lowest BCUT2D eigenvalue weighted by molar-refractivity contribution is -0.159. The highest BCUT2D eigenvalue weighted by atomic mass is 32.1. The van der Waals surface area contributed by atoms with E-state index in [1.54, 1.807) is 0 Å². The second kappa shape index (κ2) is 7.58. The van der Waals surface area contributed by atoms with Crippen molar-refractivity contribution in [2.75, 3.05) is 13.2 Å². The third-order valence-electron chi connectivity index (χ3n) is 3.92. The predicted octanol–water partition coefficient (Wildman–Crippen LogP) is 1.64. The first-order chi connectivity index (χ1) is 12.1. The molecule has 1 aliphatic heterocycles. The van der Waals surface area contributed by atoms with Crippen LogP contribution in [0.1, 0.15) is 17.8 Å². The zero-order chi connectivity index (χ0) is 17.7. The Morgan fingerprint density at radius 2 is 2.04 bits per heavy atom. The van der Waals surface area contributed by atoms with E-state index < -0.39 is 17.6 Å². The maximum atomic E-state index is 11.9. The van der Waals surface area contributed by atoms with E-state index >= 15 is 0 Å². The maximum absolute atomic E-state index is 11.9. The van der Waals surface area contributed by atoms with Crippen molar-refractivity contribution in [3.63, 3.8) is 0 Å². The number of carbonyl (C=O) groups is 2. The fourth-order valence-electron chi connectivity index (χ4n) is 2.55. The van der Waals surface area contributed by atoms with Gasteiger partial charge in [0.2, 0.25) is 0 Å². The normalized spacial score (nSPS) is 19.5. The molecule has 3 rings (SSSR count). The standard InChI is InChI=1S/C16H18N4O4S/c21-14(22)16(7-4-8-24-16)10-18-15(23)17-9-12-19-20-13(25-12)11-5-2-1-3-6-11/h1-3,5-6H,4,7-10H2,(H,21,22)(H2,17,18,23). The van der Waals surface area contributed by atoms with Crippen LogP contribution in [0, 0.1) is 0 Å². The van der Waals surface area contributed by atoms with Gasteiger partial charge in [-0.05, 0) is 12.8 Å². The number of nitrogens with one attached hydrogen (secondary N) is 2. The highest BCUT2D eigenvalue weighted by molar-refractivity contribution is 7.14. The minimum atomic E-state index is -1.32. The van der Waals surface area contributed by atoms with Crippen molar-refractivity contribution in [2.45, 2.75) is 25.0 Å². The van der Waals surface area contributed by atoms with E-state index in [4.69, 9.17) is 4.74 Å². The molecule has 25 heavy (non-hydrogen) atoms. The van der Waals surface area contributed by atoms with Gasteiger partial charge in [-0.2, -0.15) is 0 Å². The average Bonchev–Trinajstić information content (AvgIpc) is 3.29.